The molecule has 8 heteroatoms. The van der Waals surface area contributed by atoms with E-state index in [1.54, 1.807) is 18.4 Å². The highest BCUT2D eigenvalue weighted by molar-refractivity contribution is 8.00. The second-order valence-electron chi connectivity index (χ2n) is 3.83. The lowest BCUT2D eigenvalue weighted by Gasteiger charge is -2.06. The predicted molar refractivity (Wildman–Crippen MR) is 75.6 cm³/mol. The minimum absolute atomic E-state index is 0.133. The molecule has 1 unspecified atom stereocenters. The van der Waals surface area contributed by atoms with E-state index < -0.39 is 17.8 Å². The number of nitrogens with two attached hydrogens (primary N) is 1. The second-order valence-corrected chi connectivity index (χ2v) is 5.78. The van der Waals surface area contributed by atoms with Gasteiger partial charge in [0.05, 0.1) is 17.2 Å². The average molecular weight is 302 g/mol. The lowest BCUT2D eigenvalue weighted by atomic mass is 10.2. The van der Waals surface area contributed by atoms with Gasteiger partial charge in [0.1, 0.15) is 5.00 Å². The van der Waals surface area contributed by atoms with E-state index in [2.05, 4.69) is 5.32 Å². The Balaban J connectivity index is 2.41. The van der Waals surface area contributed by atoms with E-state index in [0.717, 1.165) is 0 Å². The first-order chi connectivity index (χ1) is 8.91. The Hall–Kier alpha value is -1.54. The minimum Gasteiger partial charge on any atom is -0.481 e. The van der Waals surface area contributed by atoms with Crippen molar-refractivity contribution in [2.45, 2.75) is 6.92 Å². The number of thiophene rings is 1. The van der Waals surface area contributed by atoms with E-state index in [4.69, 9.17) is 10.8 Å². The summed E-state index contributed by atoms with van der Waals surface area (Å²) in [4.78, 5) is 33.2. The van der Waals surface area contributed by atoms with Gasteiger partial charge in [-0.2, -0.15) is 11.8 Å². The van der Waals surface area contributed by atoms with Crippen molar-refractivity contribution in [1.29, 1.82) is 0 Å². The molecular weight excluding hydrogens is 288 g/mol. The van der Waals surface area contributed by atoms with Crippen molar-refractivity contribution in [3.8, 4) is 0 Å². The van der Waals surface area contributed by atoms with Gasteiger partial charge in [0.25, 0.3) is 5.91 Å². The fourth-order valence-electron chi connectivity index (χ4n) is 1.16. The van der Waals surface area contributed by atoms with Crippen molar-refractivity contribution in [1.82, 2.24) is 0 Å². The Kier molecular flexibility index (Phi) is 5.84. The van der Waals surface area contributed by atoms with Crippen LogP contribution in [0.3, 0.4) is 0 Å². The lowest BCUT2D eigenvalue weighted by molar-refractivity contribution is -0.140. The normalized spacial score (nSPS) is 11.8. The summed E-state index contributed by atoms with van der Waals surface area (Å²) in [6.07, 6.45) is 0. The fourth-order valence-corrected chi connectivity index (χ4v) is 2.84. The van der Waals surface area contributed by atoms with Crippen LogP contribution in [0.2, 0.25) is 0 Å². The van der Waals surface area contributed by atoms with Crippen LogP contribution < -0.4 is 11.1 Å². The number of hydrogen-bond donors (Lipinski definition) is 3. The highest BCUT2D eigenvalue weighted by atomic mass is 32.2. The molecule has 0 fully saturated rings. The summed E-state index contributed by atoms with van der Waals surface area (Å²) in [5, 5.41) is 13.4. The largest absolute Gasteiger partial charge is 0.481 e. The molecule has 1 aromatic heterocycles. The third-order valence-electron chi connectivity index (χ3n) is 2.21. The summed E-state index contributed by atoms with van der Waals surface area (Å²) in [5.41, 5.74) is 5.43. The number of thioether (sulfide) groups is 1. The third-order valence-corrected chi connectivity index (χ3v) is 4.24. The first-order valence-electron chi connectivity index (χ1n) is 5.39. The van der Waals surface area contributed by atoms with Gasteiger partial charge in [0, 0.05) is 5.75 Å². The van der Waals surface area contributed by atoms with E-state index >= 15 is 0 Å². The van der Waals surface area contributed by atoms with Crippen molar-refractivity contribution in [2.75, 3.05) is 16.8 Å². The number of carboxylic acids is 1. The quantitative estimate of drug-likeness (QED) is 0.702. The van der Waals surface area contributed by atoms with Crippen LogP contribution in [0.25, 0.3) is 0 Å². The number of amides is 2. The molecule has 1 atom stereocenters. The number of carbonyl (C=O) groups excluding carboxylic acids is 2. The molecule has 0 aliphatic carbocycles. The fraction of sp³-hybridized carbons (Fsp3) is 0.364. The maximum atomic E-state index is 11.6. The molecular formula is C11H14N2O4S2. The number of anilines is 1. The first-order valence-corrected chi connectivity index (χ1v) is 7.43. The maximum Gasteiger partial charge on any atom is 0.307 e. The van der Waals surface area contributed by atoms with Crippen LogP contribution in [0.15, 0.2) is 11.4 Å². The molecule has 1 rings (SSSR count). The minimum atomic E-state index is -0.887. The van der Waals surface area contributed by atoms with E-state index in [0.29, 0.717) is 10.8 Å². The summed E-state index contributed by atoms with van der Waals surface area (Å²) in [7, 11) is 0. The van der Waals surface area contributed by atoms with Gasteiger partial charge in [-0.3, -0.25) is 14.4 Å². The van der Waals surface area contributed by atoms with Crippen LogP contribution in [0.4, 0.5) is 5.00 Å². The molecule has 104 valence electrons. The topological polar surface area (TPSA) is 109 Å². The maximum absolute atomic E-state index is 11.6. The van der Waals surface area contributed by atoms with E-state index in [-0.39, 0.29) is 17.2 Å². The number of carbonyl (C=O) groups is 3. The molecule has 4 N–H and O–H groups in total. The molecule has 0 saturated heterocycles. The van der Waals surface area contributed by atoms with Gasteiger partial charge in [-0.15, -0.1) is 11.3 Å². The zero-order valence-electron chi connectivity index (χ0n) is 10.2. The number of hydrogen-bond acceptors (Lipinski definition) is 5. The predicted octanol–water partition coefficient (Wildman–Crippen LogP) is 1.24. The molecule has 6 nitrogen and oxygen atoms in total. The van der Waals surface area contributed by atoms with Crippen LogP contribution in [0, 0.1) is 5.92 Å². The second kappa shape index (κ2) is 7.15. The lowest BCUT2D eigenvalue weighted by Crippen LogP contribution is -2.19. The highest BCUT2D eigenvalue weighted by Gasteiger charge is 2.14. The molecule has 2 amide bonds. The molecule has 0 aliphatic rings. The molecule has 0 spiro atoms. The Morgan fingerprint density at radius 2 is 2.21 bits per heavy atom. The summed E-state index contributed by atoms with van der Waals surface area (Å²) in [6, 6.07) is 1.54. The Labute approximate surface area is 118 Å². The molecule has 0 bridgehead atoms. The zero-order chi connectivity index (χ0) is 14.4. The standard InChI is InChI=1S/C11H14N2O4S2/c1-6(11(16)17)4-18-5-8(14)13-10-7(9(12)15)2-3-19-10/h2-3,6H,4-5H2,1H3,(H2,12,15)(H,13,14)(H,16,17). The molecule has 1 aromatic rings. The smallest absolute Gasteiger partial charge is 0.307 e. The average Bonchev–Trinajstić information content (AvgIpc) is 2.76. The van der Waals surface area contributed by atoms with Crippen LogP contribution in [0.1, 0.15) is 17.3 Å². The number of nitrogens with one attached hydrogen (secondary N) is 1. The number of primary amides is 1. The van der Waals surface area contributed by atoms with Gasteiger partial charge >= 0.3 is 5.97 Å². The van der Waals surface area contributed by atoms with Crippen molar-refractivity contribution < 1.29 is 19.5 Å². The molecule has 1 heterocycles. The van der Waals surface area contributed by atoms with Crippen LogP contribution >= 0.6 is 23.1 Å². The van der Waals surface area contributed by atoms with Gasteiger partial charge in [0.15, 0.2) is 0 Å². The zero-order valence-corrected chi connectivity index (χ0v) is 11.8. The number of rotatable bonds is 7. The summed E-state index contributed by atoms with van der Waals surface area (Å²) in [6.45, 7) is 1.58. The first kappa shape index (κ1) is 15.5. The molecule has 0 radical (unpaired) electrons. The van der Waals surface area contributed by atoms with Gasteiger partial charge in [0.2, 0.25) is 5.91 Å². The van der Waals surface area contributed by atoms with Crippen molar-refractivity contribution in [2.24, 2.45) is 11.7 Å². The summed E-state index contributed by atoms with van der Waals surface area (Å²) >= 11 is 2.44. The van der Waals surface area contributed by atoms with Crippen molar-refractivity contribution in [3.05, 3.63) is 17.0 Å². The molecule has 0 aromatic carbocycles. The Bertz CT molecular complexity index is 487. The highest BCUT2D eigenvalue weighted by Crippen LogP contribution is 2.22. The number of carboxylic acid groups (broad SMARTS) is 1. The SMILES string of the molecule is CC(CSCC(=O)Nc1sccc1C(N)=O)C(=O)O. The molecule has 0 saturated carbocycles. The van der Waals surface area contributed by atoms with Crippen molar-refractivity contribution in [3.63, 3.8) is 0 Å². The summed E-state index contributed by atoms with van der Waals surface area (Å²) < 4.78 is 0. The third kappa shape index (κ3) is 4.92. The monoisotopic (exact) mass is 302 g/mol. The Morgan fingerprint density at radius 1 is 1.53 bits per heavy atom. The van der Waals surface area contributed by atoms with Gasteiger partial charge in [-0.25, -0.2) is 0 Å². The van der Waals surface area contributed by atoms with E-state index in [9.17, 15) is 14.4 Å². The van der Waals surface area contributed by atoms with Crippen LogP contribution in [-0.4, -0.2) is 34.4 Å². The van der Waals surface area contributed by atoms with Crippen LogP contribution in [-0.2, 0) is 9.59 Å². The van der Waals surface area contributed by atoms with E-state index in [1.165, 1.54) is 23.1 Å². The Morgan fingerprint density at radius 3 is 2.79 bits per heavy atom. The van der Waals surface area contributed by atoms with Crippen LogP contribution in [0.5, 0.6) is 0 Å². The molecule has 0 aliphatic heterocycles. The van der Waals surface area contributed by atoms with Gasteiger partial charge in [-0.1, -0.05) is 6.92 Å². The molecule has 19 heavy (non-hydrogen) atoms. The number of aliphatic carboxylic acids is 1. The van der Waals surface area contributed by atoms with Gasteiger partial charge < -0.3 is 16.2 Å². The van der Waals surface area contributed by atoms with E-state index in [1.807, 2.05) is 0 Å². The van der Waals surface area contributed by atoms with Crippen molar-refractivity contribution >= 4 is 45.9 Å². The summed E-state index contributed by atoms with van der Waals surface area (Å²) in [5.74, 6) is -1.78. The van der Waals surface area contributed by atoms with Gasteiger partial charge in [-0.05, 0) is 11.4 Å².